The van der Waals surface area contributed by atoms with Gasteiger partial charge in [-0.3, -0.25) is 0 Å². The van der Waals surface area contributed by atoms with Gasteiger partial charge in [0.1, 0.15) is 5.60 Å². The fourth-order valence-corrected chi connectivity index (χ4v) is 1.18. The molecule has 0 unspecified atom stereocenters. The number of halogens is 1. The Morgan fingerprint density at radius 2 is 2.00 bits per heavy atom. The van der Waals surface area contributed by atoms with Crippen molar-refractivity contribution < 1.29 is 9.53 Å². The Morgan fingerprint density at radius 1 is 1.44 bits per heavy atom. The maximum atomic E-state index is 11.7. The van der Waals surface area contributed by atoms with E-state index in [1.165, 1.54) is 0 Å². The van der Waals surface area contributed by atoms with Crippen LogP contribution >= 0.6 is 11.6 Å². The van der Waals surface area contributed by atoms with E-state index in [-0.39, 0.29) is 6.09 Å². The third-order valence-electron chi connectivity index (χ3n) is 2.00. The molecule has 0 spiro atoms. The summed E-state index contributed by atoms with van der Waals surface area (Å²) in [5.74, 6) is 0. The third-order valence-corrected chi connectivity index (χ3v) is 2.37. The first-order chi connectivity index (χ1) is 7.30. The van der Waals surface area contributed by atoms with Gasteiger partial charge in [0, 0.05) is 18.6 Å². The van der Waals surface area contributed by atoms with E-state index in [9.17, 15) is 4.79 Å². The highest BCUT2D eigenvalue weighted by Crippen LogP contribution is 2.11. The number of nitrogens with zero attached hydrogens (tertiary/aromatic N) is 1. The van der Waals surface area contributed by atoms with Gasteiger partial charge in [-0.25, -0.2) is 4.79 Å². The molecule has 0 aromatic rings. The summed E-state index contributed by atoms with van der Waals surface area (Å²) in [6.07, 6.45) is 0.508. The van der Waals surface area contributed by atoms with Crippen molar-refractivity contribution >= 4 is 17.7 Å². The van der Waals surface area contributed by atoms with Crippen LogP contribution in [-0.4, -0.2) is 29.7 Å². The Bertz CT molecular complexity index is 256. The molecule has 0 radical (unpaired) electrons. The number of hydrogen-bond acceptors (Lipinski definition) is 2. The van der Waals surface area contributed by atoms with Gasteiger partial charge in [-0.1, -0.05) is 17.2 Å². The second kappa shape index (κ2) is 6.79. The van der Waals surface area contributed by atoms with Crippen LogP contribution in [0.5, 0.6) is 0 Å². The SMILES string of the molecule is CCN(CC/C(C)=C\Cl)C(=O)OC(C)(C)C. The van der Waals surface area contributed by atoms with E-state index in [2.05, 4.69) is 0 Å². The molecule has 0 aliphatic carbocycles. The van der Waals surface area contributed by atoms with Crippen LogP contribution in [-0.2, 0) is 4.74 Å². The number of carbonyl (C=O) groups excluding carboxylic acids is 1. The second-order valence-corrected chi connectivity index (χ2v) is 4.98. The molecule has 0 bridgehead atoms. The topological polar surface area (TPSA) is 29.5 Å². The number of hydrogen-bond donors (Lipinski definition) is 0. The first-order valence-corrected chi connectivity index (χ1v) is 5.97. The Kier molecular flexibility index (Phi) is 6.49. The van der Waals surface area contributed by atoms with E-state index in [0.717, 1.165) is 12.0 Å². The lowest BCUT2D eigenvalue weighted by Gasteiger charge is -2.26. The van der Waals surface area contributed by atoms with Crippen molar-refractivity contribution in [1.82, 2.24) is 4.90 Å². The molecule has 0 aromatic carbocycles. The Balaban J connectivity index is 4.23. The Hall–Kier alpha value is -0.700. The normalized spacial score (nSPS) is 12.5. The van der Waals surface area contributed by atoms with E-state index in [1.54, 1.807) is 10.4 Å². The van der Waals surface area contributed by atoms with Crippen LogP contribution in [0.4, 0.5) is 4.79 Å². The molecule has 0 rings (SSSR count). The summed E-state index contributed by atoms with van der Waals surface area (Å²) in [5.41, 5.74) is 2.16. The minimum absolute atomic E-state index is 0.266. The molecule has 0 heterocycles. The highest BCUT2D eigenvalue weighted by molar-refractivity contribution is 6.25. The van der Waals surface area contributed by atoms with E-state index in [4.69, 9.17) is 16.3 Å². The summed E-state index contributed by atoms with van der Waals surface area (Å²) in [6, 6.07) is 0. The predicted octanol–water partition coefficient (Wildman–Crippen LogP) is 3.78. The van der Waals surface area contributed by atoms with Crippen LogP contribution in [0.1, 0.15) is 41.0 Å². The molecule has 0 saturated carbocycles. The summed E-state index contributed by atoms with van der Waals surface area (Å²) < 4.78 is 5.29. The Labute approximate surface area is 103 Å². The molecule has 0 atom stereocenters. The van der Waals surface area contributed by atoms with Crippen molar-refractivity contribution in [2.24, 2.45) is 0 Å². The van der Waals surface area contributed by atoms with Gasteiger partial charge in [0.15, 0.2) is 0 Å². The zero-order valence-electron chi connectivity index (χ0n) is 10.8. The van der Waals surface area contributed by atoms with Crippen LogP contribution in [0.2, 0.25) is 0 Å². The molecule has 0 aromatic heterocycles. The van der Waals surface area contributed by atoms with Crippen molar-refractivity contribution in [3.8, 4) is 0 Å². The molecule has 1 amide bonds. The van der Waals surface area contributed by atoms with Crippen molar-refractivity contribution in [3.05, 3.63) is 11.1 Å². The summed E-state index contributed by atoms with van der Waals surface area (Å²) >= 11 is 5.57. The Morgan fingerprint density at radius 3 is 2.38 bits per heavy atom. The third kappa shape index (κ3) is 6.72. The summed E-state index contributed by atoms with van der Waals surface area (Å²) in [4.78, 5) is 13.4. The van der Waals surface area contributed by atoms with E-state index in [0.29, 0.717) is 13.1 Å². The molecular formula is C12H22ClNO2. The molecule has 16 heavy (non-hydrogen) atoms. The highest BCUT2D eigenvalue weighted by Gasteiger charge is 2.20. The lowest BCUT2D eigenvalue weighted by atomic mass is 10.2. The standard InChI is InChI=1S/C12H22ClNO2/c1-6-14(8-7-10(2)9-13)11(15)16-12(3,4)5/h9H,6-8H2,1-5H3/b10-9-. The van der Waals surface area contributed by atoms with Crippen LogP contribution < -0.4 is 0 Å². The van der Waals surface area contributed by atoms with Gasteiger partial charge in [-0.2, -0.15) is 0 Å². The van der Waals surface area contributed by atoms with Gasteiger partial charge in [-0.15, -0.1) is 0 Å². The van der Waals surface area contributed by atoms with E-state index >= 15 is 0 Å². The summed E-state index contributed by atoms with van der Waals surface area (Å²) in [6.45, 7) is 10.7. The molecule has 94 valence electrons. The zero-order valence-corrected chi connectivity index (χ0v) is 11.6. The smallest absolute Gasteiger partial charge is 0.410 e. The quantitative estimate of drug-likeness (QED) is 0.757. The van der Waals surface area contributed by atoms with Crippen LogP contribution in [0, 0.1) is 0 Å². The fraction of sp³-hybridized carbons (Fsp3) is 0.750. The number of rotatable bonds is 4. The highest BCUT2D eigenvalue weighted by atomic mass is 35.5. The molecule has 0 aliphatic heterocycles. The van der Waals surface area contributed by atoms with Gasteiger partial charge < -0.3 is 9.64 Å². The van der Waals surface area contributed by atoms with E-state index < -0.39 is 5.60 Å². The minimum atomic E-state index is -0.443. The number of carbonyl (C=O) groups is 1. The average Bonchev–Trinajstić information content (AvgIpc) is 2.15. The predicted molar refractivity (Wildman–Crippen MR) is 67.7 cm³/mol. The number of amides is 1. The summed E-state index contributed by atoms with van der Waals surface area (Å²) in [5, 5.41) is 0. The first-order valence-electron chi connectivity index (χ1n) is 5.54. The molecule has 0 aliphatic rings. The van der Waals surface area contributed by atoms with Gasteiger partial charge >= 0.3 is 6.09 Å². The first kappa shape index (κ1) is 15.3. The lowest BCUT2D eigenvalue weighted by Crippen LogP contribution is -2.37. The fourth-order valence-electron chi connectivity index (χ4n) is 1.07. The molecule has 0 N–H and O–H groups in total. The van der Waals surface area contributed by atoms with Gasteiger partial charge in [0.2, 0.25) is 0 Å². The second-order valence-electron chi connectivity index (χ2n) is 4.77. The zero-order chi connectivity index (χ0) is 12.8. The molecule has 0 fully saturated rings. The monoisotopic (exact) mass is 247 g/mol. The van der Waals surface area contributed by atoms with Gasteiger partial charge in [0.25, 0.3) is 0 Å². The van der Waals surface area contributed by atoms with Gasteiger partial charge in [0.05, 0.1) is 0 Å². The van der Waals surface area contributed by atoms with Crippen LogP contribution in [0.3, 0.4) is 0 Å². The van der Waals surface area contributed by atoms with Crippen molar-refractivity contribution in [2.45, 2.75) is 46.6 Å². The molecular weight excluding hydrogens is 226 g/mol. The van der Waals surface area contributed by atoms with Gasteiger partial charge in [-0.05, 0) is 41.0 Å². The molecule has 4 heteroatoms. The molecule has 3 nitrogen and oxygen atoms in total. The van der Waals surface area contributed by atoms with Crippen LogP contribution in [0.15, 0.2) is 11.1 Å². The minimum Gasteiger partial charge on any atom is -0.444 e. The van der Waals surface area contributed by atoms with Crippen LogP contribution in [0.25, 0.3) is 0 Å². The molecule has 0 saturated heterocycles. The summed E-state index contributed by atoms with van der Waals surface area (Å²) in [7, 11) is 0. The van der Waals surface area contributed by atoms with Crippen molar-refractivity contribution in [1.29, 1.82) is 0 Å². The van der Waals surface area contributed by atoms with Crippen molar-refractivity contribution in [3.63, 3.8) is 0 Å². The average molecular weight is 248 g/mol. The largest absolute Gasteiger partial charge is 0.444 e. The van der Waals surface area contributed by atoms with E-state index in [1.807, 2.05) is 34.6 Å². The maximum absolute atomic E-state index is 11.7. The number of ether oxygens (including phenoxy) is 1. The van der Waals surface area contributed by atoms with Crippen molar-refractivity contribution in [2.75, 3.05) is 13.1 Å². The lowest BCUT2D eigenvalue weighted by molar-refractivity contribution is 0.0262. The maximum Gasteiger partial charge on any atom is 0.410 e.